The second-order valence-corrected chi connectivity index (χ2v) is 7.98. The van der Waals surface area contributed by atoms with Gasteiger partial charge >= 0.3 is 6.18 Å². The minimum Gasteiger partial charge on any atom is -0.380 e. The highest BCUT2D eigenvalue weighted by Crippen LogP contribution is 2.39. The fraction of sp³-hybridized carbons (Fsp3) is 0.450. The van der Waals surface area contributed by atoms with Crippen LogP contribution in [0.25, 0.3) is 16.8 Å². The van der Waals surface area contributed by atoms with Crippen molar-refractivity contribution in [1.82, 2.24) is 24.5 Å². The number of aromatic nitrogens is 4. The Morgan fingerprint density at radius 3 is 2.55 bits per heavy atom. The number of halogens is 3. The van der Waals surface area contributed by atoms with Crippen molar-refractivity contribution in [2.45, 2.75) is 25.6 Å². The van der Waals surface area contributed by atoms with E-state index in [9.17, 15) is 13.2 Å². The van der Waals surface area contributed by atoms with Crippen LogP contribution in [0, 0.1) is 5.41 Å². The van der Waals surface area contributed by atoms with Gasteiger partial charge in [-0.1, -0.05) is 0 Å². The number of likely N-dealkylation sites (tertiary alicyclic amines) is 1. The maximum Gasteiger partial charge on any atom is 0.418 e. The van der Waals surface area contributed by atoms with Gasteiger partial charge in [-0.15, -0.1) is 0 Å². The van der Waals surface area contributed by atoms with E-state index in [0.717, 1.165) is 57.4 Å². The molecule has 0 atom stereocenters. The molecule has 0 radical (unpaired) electrons. The van der Waals surface area contributed by atoms with Crippen molar-refractivity contribution in [2.24, 2.45) is 5.41 Å². The fourth-order valence-electron chi connectivity index (χ4n) is 4.16. The molecule has 0 aliphatic carbocycles. The highest BCUT2D eigenvalue weighted by Gasteiger charge is 2.41. The number of rotatable bonds is 3. The van der Waals surface area contributed by atoms with Crippen LogP contribution in [0.1, 0.15) is 24.0 Å². The van der Waals surface area contributed by atoms with Crippen LogP contribution in [0.5, 0.6) is 0 Å². The van der Waals surface area contributed by atoms with Crippen molar-refractivity contribution in [3.63, 3.8) is 0 Å². The van der Waals surface area contributed by atoms with Gasteiger partial charge in [0.05, 0.1) is 25.0 Å². The van der Waals surface area contributed by atoms with E-state index < -0.39 is 11.7 Å². The fourth-order valence-corrected chi connectivity index (χ4v) is 4.16. The average molecular weight is 403 g/mol. The van der Waals surface area contributed by atoms with E-state index in [1.54, 1.807) is 10.7 Å². The first-order valence-electron chi connectivity index (χ1n) is 9.58. The van der Waals surface area contributed by atoms with Gasteiger partial charge < -0.3 is 4.74 Å². The monoisotopic (exact) mass is 403 g/mol. The number of hydrogen-bond acceptors (Lipinski definition) is 5. The quantitative estimate of drug-likeness (QED) is 0.671. The van der Waals surface area contributed by atoms with E-state index >= 15 is 0 Å². The normalized spacial score (nSPS) is 19.6. The summed E-state index contributed by atoms with van der Waals surface area (Å²) in [7, 11) is 0. The zero-order chi connectivity index (χ0) is 20.1. The third-order valence-corrected chi connectivity index (χ3v) is 5.97. The molecule has 0 saturated carbocycles. The van der Waals surface area contributed by atoms with Gasteiger partial charge in [0, 0.05) is 53.4 Å². The molecule has 0 bridgehead atoms. The van der Waals surface area contributed by atoms with Gasteiger partial charge in [0.1, 0.15) is 0 Å². The van der Waals surface area contributed by atoms with Gasteiger partial charge in [-0.2, -0.15) is 18.3 Å². The van der Waals surface area contributed by atoms with Crippen LogP contribution in [-0.2, 0) is 17.5 Å². The third kappa shape index (κ3) is 3.38. The molecule has 0 aromatic carbocycles. The summed E-state index contributed by atoms with van der Waals surface area (Å²) in [6, 6.07) is 1.35. The molecule has 3 aromatic heterocycles. The van der Waals surface area contributed by atoms with Crippen LogP contribution in [0.2, 0.25) is 0 Å². The number of ether oxygens (including phenoxy) is 1. The number of nitrogens with zero attached hydrogens (tertiary/aromatic N) is 5. The summed E-state index contributed by atoms with van der Waals surface area (Å²) in [5, 5.41) is 4.25. The molecular weight excluding hydrogens is 383 g/mol. The summed E-state index contributed by atoms with van der Waals surface area (Å²) in [5.41, 5.74) is 1.36. The second kappa shape index (κ2) is 6.77. The predicted octanol–water partition coefficient (Wildman–Crippen LogP) is 3.42. The molecule has 29 heavy (non-hydrogen) atoms. The van der Waals surface area contributed by atoms with Gasteiger partial charge in [0.15, 0.2) is 5.65 Å². The number of hydrogen-bond donors (Lipinski definition) is 0. The number of piperidine rings is 1. The van der Waals surface area contributed by atoms with Gasteiger partial charge in [-0.25, -0.2) is 9.50 Å². The highest BCUT2D eigenvalue weighted by molar-refractivity contribution is 5.79. The molecule has 6 nitrogen and oxygen atoms in total. The first-order chi connectivity index (χ1) is 13.9. The molecule has 3 aromatic rings. The molecule has 5 heterocycles. The molecule has 2 fully saturated rings. The van der Waals surface area contributed by atoms with Crippen molar-refractivity contribution < 1.29 is 17.9 Å². The Morgan fingerprint density at radius 1 is 1.07 bits per heavy atom. The molecule has 1 spiro atoms. The van der Waals surface area contributed by atoms with E-state index in [-0.39, 0.29) is 5.56 Å². The van der Waals surface area contributed by atoms with Gasteiger partial charge in [-0.05, 0) is 32.0 Å². The first-order valence-corrected chi connectivity index (χ1v) is 9.58. The number of pyridine rings is 1. The smallest absolute Gasteiger partial charge is 0.380 e. The van der Waals surface area contributed by atoms with Gasteiger partial charge in [0.2, 0.25) is 0 Å². The molecule has 152 valence electrons. The van der Waals surface area contributed by atoms with Gasteiger partial charge in [0.25, 0.3) is 0 Å². The summed E-state index contributed by atoms with van der Waals surface area (Å²) in [6.45, 7) is 4.52. The average Bonchev–Trinajstić information content (AvgIpc) is 3.10. The molecule has 0 unspecified atom stereocenters. The lowest BCUT2D eigenvalue weighted by molar-refractivity contribution is -0.140. The Hall–Kier alpha value is -2.52. The third-order valence-electron chi connectivity index (χ3n) is 5.97. The van der Waals surface area contributed by atoms with Crippen molar-refractivity contribution >= 4 is 5.65 Å². The number of alkyl halides is 3. The zero-order valence-corrected chi connectivity index (χ0v) is 15.7. The van der Waals surface area contributed by atoms with Crippen molar-refractivity contribution in [3.8, 4) is 11.1 Å². The summed E-state index contributed by atoms with van der Waals surface area (Å²) in [4.78, 5) is 10.4. The van der Waals surface area contributed by atoms with E-state index in [4.69, 9.17) is 4.74 Å². The van der Waals surface area contributed by atoms with Crippen LogP contribution in [-0.4, -0.2) is 50.8 Å². The minimum absolute atomic E-state index is 0.0341. The van der Waals surface area contributed by atoms with Crippen LogP contribution >= 0.6 is 0 Å². The Kier molecular flexibility index (Phi) is 4.32. The topological polar surface area (TPSA) is 55.5 Å². The lowest BCUT2D eigenvalue weighted by atomic mass is 9.77. The van der Waals surface area contributed by atoms with Crippen molar-refractivity contribution in [2.75, 3.05) is 26.3 Å². The summed E-state index contributed by atoms with van der Waals surface area (Å²) in [5.74, 6) is 0. The van der Waals surface area contributed by atoms with Crippen LogP contribution < -0.4 is 0 Å². The maximum absolute atomic E-state index is 13.3. The summed E-state index contributed by atoms with van der Waals surface area (Å²) < 4.78 is 47.0. The van der Waals surface area contributed by atoms with E-state index in [0.29, 0.717) is 16.6 Å². The Labute approximate surface area is 165 Å². The maximum atomic E-state index is 13.3. The van der Waals surface area contributed by atoms with Gasteiger partial charge in [-0.3, -0.25) is 9.88 Å². The lowest BCUT2D eigenvalue weighted by Crippen LogP contribution is -2.50. The summed E-state index contributed by atoms with van der Waals surface area (Å²) in [6.07, 6.45) is 4.96. The molecule has 0 amide bonds. The predicted molar refractivity (Wildman–Crippen MR) is 99.0 cm³/mol. The zero-order valence-electron chi connectivity index (χ0n) is 15.7. The van der Waals surface area contributed by atoms with E-state index in [1.165, 1.54) is 18.5 Å². The highest BCUT2D eigenvalue weighted by atomic mass is 19.4. The molecule has 2 saturated heterocycles. The Bertz CT molecular complexity index is 1030. The molecular formula is C20H20F3N5O. The lowest BCUT2D eigenvalue weighted by Gasteiger charge is -2.47. The Balaban J connectivity index is 1.38. The summed E-state index contributed by atoms with van der Waals surface area (Å²) >= 11 is 0. The molecule has 5 rings (SSSR count). The van der Waals surface area contributed by atoms with Crippen molar-refractivity contribution in [3.05, 3.63) is 48.2 Å². The van der Waals surface area contributed by atoms with E-state index in [2.05, 4.69) is 20.0 Å². The van der Waals surface area contributed by atoms with Crippen LogP contribution in [0.4, 0.5) is 13.2 Å². The van der Waals surface area contributed by atoms with E-state index in [1.807, 2.05) is 6.20 Å². The van der Waals surface area contributed by atoms with Crippen molar-refractivity contribution in [1.29, 1.82) is 0 Å². The van der Waals surface area contributed by atoms with Crippen LogP contribution in [0.15, 0.2) is 37.1 Å². The standard InChI is InChI=1S/C20H20F3N5O/c21-20(22,23)17-9-24-4-1-15(17)16-8-26-28-11-14(7-25-18(16)28)10-27-5-2-19(3-6-27)12-29-13-19/h1,4,7-9,11H,2-3,5-6,10,12-13H2. The Morgan fingerprint density at radius 2 is 1.86 bits per heavy atom. The first kappa shape index (κ1) is 18.5. The molecule has 2 aliphatic rings. The second-order valence-electron chi connectivity index (χ2n) is 7.98. The van der Waals surface area contributed by atoms with Crippen LogP contribution in [0.3, 0.4) is 0 Å². The minimum atomic E-state index is -4.49. The molecule has 2 aliphatic heterocycles. The largest absolute Gasteiger partial charge is 0.418 e. The SMILES string of the molecule is FC(F)(F)c1cnccc1-c1cnn2cc(CN3CCC4(CC3)COC4)cnc12. The molecule has 9 heteroatoms. The number of fused-ring (bicyclic) bond motifs is 1. The molecule has 0 N–H and O–H groups in total.